The van der Waals surface area contributed by atoms with Gasteiger partial charge in [-0.3, -0.25) is 4.72 Å². The molecule has 0 bridgehead atoms. The summed E-state index contributed by atoms with van der Waals surface area (Å²) < 4.78 is 52.8. The second kappa shape index (κ2) is 5.87. The Morgan fingerprint density at radius 3 is 2.24 bits per heavy atom. The van der Waals surface area contributed by atoms with Gasteiger partial charge in [0.1, 0.15) is 11.5 Å². The van der Waals surface area contributed by atoms with E-state index in [0.29, 0.717) is 6.07 Å². The zero-order valence-electron chi connectivity index (χ0n) is 10.8. The number of rotatable bonds is 4. The van der Waals surface area contributed by atoms with Crippen LogP contribution in [-0.2, 0) is 10.0 Å². The molecule has 2 aromatic rings. The number of sulfonamides is 1. The fourth-order valence-electron chi connectivity index (χ4n) is 1.63. The predicted molar refractivity (Wildman–Crippen MR) is 78.2 cm³/mol. The molecule has 8 heteroatoms. The molecule has 0 saturated carbocycles. The number of halogens is 3. The zero-order chi connectivity index (χ0) is 15.6. The molecule has 0 fully saturated rings. The molecule has 0 aliphatic rings. The molecule has 0 atom stereocenters. The highest BCUT2D eigenvalue weighted by Gasteiger charge is 2.19. The average Bonchev–Trinajstić information content (AvgIpc) is 2.43. The van der Waals surface area contributed by atoms with Crippen molar-refractivity contribution in [3.05, 3.63) is 53.1 Å². The summed E-state index contributed by atoms with van der Waals surface area (Å²) in [5, 5.41) is 2.48. The van der Waals surface area contributed by atoms with Crippen molar-refractivity contribution < 1.29 is 17.2 Å². The van der Waals surface area contributed by atoms with E-state index in [1.165, 1.54) is 12.1 Å². The molecule has 2 N–H and O–H groups in total. The number of nitrogens with one attached hydrogen (secondary N) is 2. The van der Waals surface area contributed by atoms with Crippen LogP contribution in [0.15, 0.2) is 41.3 Å². The molecule has 0 saturated heterocycles. The molecular weight excluding hydrogens is 322 g/mol. The minimum absolute atomic E-state index is 0.0682. The van der Waals surface area contributed by atoms with Crippen LogP contribution in [0.25, 0.3) is 0 Å². The summed E-state index contributed by atoms with van der Waals surface area (Å²) in [4.78, 5) is -0.0682. The summed E-state index contributed by atoms with van der Waals surface area (Å²) in [5.74, 6) is -1.98. The number of benzene rings is 2. The monoisotopic (exact) mass is 332 g/mol. The third-order valence-corrected chi connectivity index (χ3v) is 4.36. The first-order chi connectivity index (χ1) is 9.83. The van der Waals surface area contributed by atoms with Gasteiger partial charge in [0.15, 0.2) is 5.82 Å². The topological polar surface area (TPSA) is 58.2 Å². The Labute approximate surface area is 125 Å². The molecule has 0 aliphatic heterocycles. The highest BCUT2D eigenvalue weighted by Crippen LogP contribution is 2.28. The Balaban J connectivity index is 2.37. The molecule has 0 aromatic heterocycles. The van der Waals surface area contributed by atoms with Crippen LogP contribution in [0.3, 0.4) is 0 Å². The van der Waals surface area contributed by atoms with E-state index in [4.69, 9.17) is 11.6 Å². The van der Waals surface area contributed by atoms with E-state index in [1.807, 2.05) is 4.72 Å². The molecule has 0 amide bonds. The predicted octanol–water partition coefficient (Wildman–Crippen LogP) is 3.46. The summed E-state index contributed by atoms with van der Waals surface area (Å²) >= 11 is 5.66. The molecular formula is C13H11ClF2N2O2S. The quantitative estimate of drug-likeness (QED) is 0.901. The summed E-state index contributed by atoms with van der Waals surface area (Å²) in [5.41, 5.74) is 0.232. The van der Waals surface area contributed by atoms with Crippen LogP contribution in [0, 0.1) is 11.6 Å². The molecule has 112 valence electrons. The van der Waals surface area contributed by atoms with E-state index in [-0.39, 0.29) is 9.92 Å². The van der Waals surface area contributed by atoms with Crippen molar-refractivity contribution in [2.45, 2.75) is 4.90 Å². The van der Waals surface area contributed by atoms with Crippen LogP contribution >= 0.6 is 11.6 Å². The Kier molecular flexibility index (Phi) is 4.34. The molecule has 2 rings (SSSR count). The van der Waals surface area contributed by atoms with Gasteiger partial charge in [-0.05, 0) is 30.3 Å². The van der Waals surface area contributed by atoms with Crippen molar-refractivity contribution >= 4 is 33.0 Å². The van der Waals surface area contributed by atoms with Crippen LogP contribution in [0.1, 0.15) is 0 Å². The van der Waals surface area contributed by atoms with Gasteiger partial charge in [-0.25, -0.2) is 17.2 Å². The normalized spacial score (nSPS) is 11.2. The van der Waals surface area contributed by atoms with Gasteiger partial charge < -0.3 is 5.32 Å². The fourth-order valence-corrected chi connectivity index (χ4v) is 3.02. The van der Waals surface area contributed by atoms with Gasteiger partial charge in [0.05, 0.1) is 9.92 Å². The Bertz CT molecular complexity index is 741. The third-order valence-electron chi connectivity index (χ3n) is 2.70. The first-order valence-electron chi connectivity index (χ1n) is 5.78. The smallest absolute Gasteiger partial charge is 0.262 e. The van der Waals surface area contributed by atoms with Crippen LogP contribution in [-0.4, -0.2) is 15.5 Å². The maximum atomic E-state index is 13.6. The van der Waals surface area contributed by atoms with Crippen molar-refractivity contribution in [1.82, 2.24) is 0 Å². The first kappa shape index (κ1) is 15.5. The first-order valence-corrected chi connectivity index (χ1v) is 7.65. The van der Waals surface area contributed by atoms with E-state index in [0.717, 1.165) is 11.8 Å². The maximum Gasteiger partial charge on any atom is 0.262 e. The summed E-state index contributed by atoms with van der Waals surface area (Å²) in [6, 6.07) is 7.18. The number of hydrogen-bond donors (Lipinski definition) is 2. The van der Waals surface area contributed by atoms with Crippen LogP contribution in [0.2, 0.25) is 5.02 Å². The van der Waals surface area contributed by atoms with Gasteiger partial charge in [-0.2, -0.15) is 0 Å². The molecule has 2 aromatic carbocycles. The van der Waals surface area contributed by atoms with Crippen molar-refractivity contribution in [2.24, 2.45) is 0 Å². The van der Waals surface area contributed by atoms with Gasteiger partial charge in [0.25, 0.3) is 10.0 Å². The Morgan fingerprint density at radius 2 is 1.71 bits per heavy atom. The van der Waals surface area contributed by atoms with Crippen molar-refractivity contribution in [3.8, 4) is 0 Å². The van der Waals surface area contributed by atoms with E-state index in [2.05, 4.69) is 5.32 Å². The van der Waals surface area contributed by atoms with E-state index in [1.54, 1.807) is 19.2 Å². The molecule has 0 heterocycles. The number of hydrogen-bond acceptors (Lipinski definition) is 3. The zero-order valence-corrected chi connectivity index (χ0v) is 12.4. The molecule has 4 nitrogen and oxygen atoms in total. The summed E-state index contributed by atoms with van der Waals surface area (Å²) in [7, 11) is -2.33. The van der Waals surface area contributed by atoms with Gasteiger partial charge >= 0.3 is 0 Å². The highest BCUT2D eigenvalue weighted by atomic mass is 35.5. The standard InChI is InChI=1S/C13H11ClF2N2O2S/c1-17-9-2-4-10(5-3-9)21(19,20)18-13-11(14)6-8(15)7-12(13)16/h2-7,17-18H,1H3. The van der Waals surface area contributed by atoms with Crippen molar-refractivity contribution in [1.29, 1.82) is 0 Å². The molecule has 0 unspecified atom stereocenters. The van der Waals surface area contributed by atoms with Gasteiger partial charge in [0.2, 0.25) is 0 Å². The number of anilines is 2. The molecule has 0 aliphatic carbocycles. The van der Waals surface area contributed by atoms with Crippen molar-refractivity contribution in [2.75, 3.05) is 17.1 Å². The van der Waals surface area contributed by atoms with E-state index < -0.39 is 27.3 Å². The Morgan fingerprint density at radius 1 is 1.10 bits per heavy atom. The van der Waals surface area contributed by atoms with Crippen LogP contribution in [0.4, 0.5) is 20.2 Å². The highest BCUT2D eigenvalue weighted by molar-refractivity contribution is 7.92. The second-order valence-electron chi connectivity index (χ2n) is 4.12. The van der Waals surface area contributed by atoms with Crippen LogP contribution in [0.5, 0.6) is 0 Å². The van der Waals surface area contributed by atoms with Gasteiger partial charge in [-0.1, -0.05) is 11.6 Å². The maximum absolute atomic E-state index is 13.6. The SMILES string of the molecule is CNc1ccc(S(=O)(=O)Nc2c(F)cc(F)cc2Cl)cc1. The lowest BCUT2D eigenvalue weighted by Crippen LogP contribution is -2.14. The molecule has 0 spiro atoms. The lowest BCUT2D eigenvalue weighted by molar-refractivity contribution is 0.583. The lowest BCUT2D eigenvalue weighted by Gasteiger charge is -2.11. The minimum atomic E-state index is -4.02. The van der Waals surface area contributed by atoms with Crippen molar-refractivity contribution in [3.63, 3.8) is 0 Å². The fraction of sp³-hybridized carbons (Fsp3) is 0.0769. The molecule has 0 radical (unpaired) electrons. The Hall–Kier alpha value is -1.86. The van der Waals surface area contributed by atoms with E-state index in [9.17, 15) is 17.2 Å². The molecule has 21 heavy (non-hydrogen) atoms. The average molecular weight is 333 g/mol. The minimum Gasteiger partial charge on any atom is -0.388 e. The van der Waals surface area contributed by atoms with Gasteiger partial charge in [0, 0.05) is 18.8 Å². The third kappa shape index (κ3) is 3.43. The lowest BCUT2D eigenvalue weighted by atomic mass is 10.3. The van der Waals surface area contributed by atoms with Crippen LogP contribution < -0.4 is 10.0 Å². The summed E-state index contributed by atoms with van der Waals surface area (Å²) in [6.07, 6.45) is 0. The van der Waals surface area contributed by atoms with E-state index >= 15 is 0 Å². The summed E-state index contributed by atoms with van der Waals surface area (Å²) in [6.45, 7) is 0. The second-order valence-corrected chi connectivity index (χ2v) is 6.21. The van der Waals surface area contributed by atoms with Gasteiger partial charge in [-0.15, -0.1) is 0 Å². The largest absolute Gasteiger partial charge is 0.388 e.